The molecule has 0 saturated carbocycles. The Morgan fingerprint density at radius 1 is 0.963 bits per heavy atom. The number of carbonyl (C=O) groups is 3. The lowest BCUT2D eigenvalue weighted by Crippen LogP contribution is -2.48. The topological polar surface area (TPSA) is 57.7 Å². The van der Waals surface area contributed by atoms with Crippen LogP contribution in [0.4, 0.5) is 0 Å². The molecule has 0 aromatic heterocycles. The number of fused-ring (bicyclic) bond motifs is 1. The predicted molar refractivity (Wildman–Crippen MR) is 101 cm³/mol. The van der Waals surface area contributed by atoms with Crippen LogP contribution in [-0.2, 0) is 11.3 Å². The van der Waals surface area contributed by atoms with Crippen LogP contribution in [0.25, 0.3) is 0 Å². The van der Waals surface area contributed by atoms with Crippen LogP contribution in [0.1, 0.15) is 45.7 Å². The molecule has 0 radical (unpaired) electrons. The lowest BCUT2D eigenvalue weighted by Gasteiger charge is -2.30. The van der Waals surface area contributed by atoms with E-state index in [0.29, 0.717) is 24.2 Å². The van der Waals surface area contributed by atoms with Crippen molar-refractivity contribution in [3.05, 3.63) is 70.8 Å². The number of likely N-dealkylation sites (tertiary alicyclic amines) is 1. The first-order valence-corrected chi connectivity index (χ1v) is 9.12. The van der Waals surface area contributed by atoms with Gasteiger partial charge in [-0.3, -0.25) is 19.3 Å². The minimum absolute atomic E-state index is 0.0365. The van der Waals surface area contributed by atoms with Gasteiger partial charge in [0.05, 0.1) is 22.6 Å². The first-order valence-electron chi connectivity index (χ1n) is 9.12. The highest BCUT2D eigenvalue weighted by Crippen LogP contribution is 2.39. The van der Waals surface area contributed by atoms with Crippen molar-refractivity contribution in [2.75, 3.05) is 6.54 Å². The maximum absolute atomic E-state index is 13.0. The SMILES string of the molecule is Cc1cccc(CN2C[C@@H](N3C(=O)c4ccccc4C3=O)C(C)(C)C2=O)c1. The van der Waals surface area contributed by atoms with E-state index in [2.05, 4.69) is 6.07 Å². The van der Waals surface area contributed by atoms with Gasteiger partial charge in [0, 0.05) is 13.1 Å². The molecule has 0 unspecified atom stereocenters. The van der Waals surface area contributed by atoms with E-state index in [1.54, 1.807) is 29.2 Å². The summed E-state index contributed by atoms with van der Waals surface area (Å²) in [4.78, 5) is 41.8. The van der Waals surface area contributed by atoms with Crippen LogP contribution >= 0.6 is 0 Å². The normalized spacial score (nSPS) is 21.1. The fourth-order valence-corrected chi connectivity index (χ4v) is 4.13. The molecule has 5 nitrogen and oxygen atoms in total. The molecule has 2 heterocycles. The molecule has 0 N–H and O–H groups in total. The predicted octanol–water partition coefficient (Wildman–Crippen LogP) is 3.03. The van der Waals surface area contributed by atoms with Crippen LogP contribution in [0.5, 0.6) is 0 Å². The van der Waals surface area contributed by atoms with Crippen LogP contribution in [0, 0.1) is 12.3 Å². The van der Waals surface area contributed by atoms with Gasteiger partial charge in [-0.1, -0.05) is 42.0 Å². The molecule has 0 bridgehead atoms. The number of amides is 3. The molecular weight excluding hydrogens is 340 g/mol. The molecule has 3 amide bonds. The van der Waals surface area contributed by atoms with Crippen molar-refractivity contribution in [3.8, 4) is 0 Å². The highest BCUT2D eigenvalue weighted by molar-refractivity contribution is 6.21. The highest BCUT2D eigenvalue weighted by atomic mass is 16.2. The number of carbonyl (C=O) groups excluding carboxylic acids is 3. The molecule has 0 spiro atoms. The van der Waals surface area contributed by atoms with Crippen LogP contribution in [-0.4, -0.2) is 40.1 Å². The summed E-state index contributed by atoms with van der Waals surface area (Å²) < 4.78 is 0. The minimum Gasteiger partial charge on any atom is -0.336 e. The molecule has 5 heteroatoms. The second-order valence-corrected chi connectivity index (χ2v) is 7.94. The van der Waals surface area contributed by atoms with Gasteiger partial charge in [-0.25, -0.2) is 0 Å². The Kier molecular flexibility index (Phi) is 3.91. The van der Waals surface area contributed by atoms with Gasteiger partial charge in [0.25, 0.3) is 11.8 Å². The van der Waals surface area contributed by atoms with Gasteiger partial charge < -0.3 is 4.90 Å². The molecular formula is C22H22N2O3. The van der Waals surface area contributed by atoms with Crippen molar-refractivity contribution in [2.24, 2.45) is 5.41 Å². The molecule has 2 aliphatic rings. The van der Waals surface area contributed by atoms with Crippen molar-refractivity contribution in [3.63, 3.8) is 0 Å². The molecule has 138 valence electrons. The fraction of sp³-hybridized carbons (Fsp3) is 0.318. The summed E-state index contributed by atoms with van der Waals surface area (Å²) in [6.45, 7) is 6.48. The Balaban J connectivity index is 1.64. The quantitative estimate of drug-likeness (QED) is 0.789. The molecule has 4 rings (SSSR count). The summed E-state index contributed by atoms with van der Waals surface area (Å²) in [6.07, 6.45) is 0. The Hall–Kier alpha value is -2.95. The van der Waals surface area contributed by atoms with Crippen molar-refractivity contribution in [1.82, 2.24) is 9.80 Å². The van der Waals surface area contributed by atoms with Crippen LogP contribution in [0.3, 0.4) is 0 Å². The summed E-state index contributed by atoms with van der Waals surface area (Å²) in [6, 6.07) is 14.4. The smallest absolute Gasteiger partial charge is 0.261 e. The number of hydrogen-bond donors (Lipinski definition) is 0. The largest absolute Gasteiger partial charge is 0.336 e. The average Bonchev–Trinajstić information content (AvgIpc) is 3.01. The lowest BCUT2D eigenvalue weighted by atomic mass is 9.86. The fourth-order valence-electron chi connectivity index (χ4n) is 4.13. The third kappa shape index (κ3) is 2.65. The first-order chi connectivity index (χ1) is 12.8. The molecule has 2 aliphatic heterocycles. The lowest BCUT2D eigenvalue weighted by molar-refractivity contribution is -0.135. The zero-order chi connectivity index (χ0) is 19.3. The second-order valence-electron chi connectivity index (χ2n) is 7.94. The van der Waals surface area contributed by atoms with E-state index in [1.807, 2.05) is 39.0 Å². The molecule has 27 heavy (non-hydrogen) atoms. The van der Waals surface area contributed by atoms with Crippen LogP contribution in [0.15, 0.2) is 48.5 Å². The number of imide groups is 1. The van der Waals surface area contributed by atoms with E-state index in [4.69, 9.17) is 0 Å². The monoisotopic (exact) mass is 362 g/mol. The van der Waals surface area contributed by atoms with Gasteiger partial charge in [0.2, 0.25) is 5.91 Å². The molecule has 1 atom stereocenters. The van der Waals surface area contributed by atoms with Crippen molar-refractivity contribution >= 4 is 17.7 Å². The highest BCUT2D eigenvalue weighted by Gasteiger charge is 2.54. The maximum atomic E-state index is 13.0. The van der Waals surface area contributed by atoms with Gasteiger partial charge in [-0.15, -0.1) is 0 Å². The van der Waals surface area contributed by atoms with Gasteiger partial charge in [-0.2, -0.15) is 0 Å². The van der Waals surface area contributed by atoms with Gasteiger partial charge in [0.1, 0.15) is 0 Å². The van der Waals surface area contributed by atoms with E-state index >= 15 is 0 Å². The Bertz CT molecular complexity index is 929. The molecule has 0 aliphatic carbocycles. The van der Waals surface area contributed by atoms with Crippen LogP contribution in [0.2, 0.25) is 0 Å². The number of hydrogen-bond acceptors (Lipinski definition) is 3. The summed E-state index contributed by atoms with van der Waals surface area (Å²) in [5.41, 5.74) is 2.19. The van der Waals surface area contributed by atoms with Gasteiger partial charge in [0.15, 0.2) is 0 Å². The Morgan fingerprint density at radius 2 is 1.59 bits per heavy atom. The summed E-state index contributed by atoms with van der Waals surface area (Å²) in [5, 5.41) is 0. The number of rotatable bonds is 3. The third-order valence-electron chi connectivity index (χ3n) is 5.66. The summed E-state index contributed by atoms with van der Waals surface area (Å²) >= 11 is 0. The van der Waals surface area contributed by atoms with Crippen molar-refractivity contribution in [1.29, 1.82) is 0 Å². The average molecular weight is 362 g/mol. The van der Waals surface area contributed by atoms with Crippen LogP contribution < -0.4 is 0 Å². The van der Waals surface area contributed by atoms with E-state index in [1.165, 1.54) is 4.90 Å². The van der Waals surface area contributed by atoms with Crippen molar-refractivity contribution < 1.29 is 14.4 Å². The molecule has 2 aromatic rings. The Morgan fingerprint density at radius 3 is 2.19 bits per heavy atom. The number of benzene rings is 2. The maximum Gasteiger partial charge on any atom is 0.261 e. The van der Waals surface area contributed by atoms with E-state index < -0.39 is 11.5 Å². The summed E-state index contributed by atoms with van der Waals surface area (Å²) in [5.74, 6) is -0.650. The molecule has 2 aromatic carbocycles. The zero-order valence-corrected chi connectivity index (χ0v) is 15.7. The molecule has 1 saturated heterocycles. The van der Waals surface area contributed by atoms with E-state index in [9.17, 15) is 14.4 Å². The first kappa shape index (κ1) is 17.5. The van der Waals surface area contributed by atoms with E-state index in [-0.39, 0.29) is 17.7 Å². The van der Waals surface area contributed by atoms with Gasteiger partial charge >= 0.3 is 0 Å². The summed E-state index contributed by atoms with van der Waals surface area (Å²) in [7, 11) is 0. The van der Waals surface area contributed by atoms with E-state index in [0.717, 1.165) is 11.1 Å². The standard InChI is InChI=1S/C22H22N2O3/c1-14-7-6-8-15(11-14)12-23-13-18(22(2,3)21(23)27)24-19(25)16-9-4-5-10-17(16)20(24)26/h4-11,18H,12-13H2,1-3H3/t18-/m1/s1. The number of nitrogens with zero attached hydrogens (tertiary/aromatic N) is 2. The second kappa shape index (κ2) is 6.05. The third-order valence-corrected chi connectivity index (χ3v) is 5.66. The number of aryl methyl sites for hydroxylation is 1. The zero-order valence-electron chi connectivity index (χ0n) is 15.7. The Labute approximate surface area is 158 Å². The minimum atomic E-state index is -0.822. The molecule has 1 fully saturated rings. The van der Waals surface area contributed by atoms with Gasteiger partial charge in [-0.05, 0) is 38.5 Å². The van der Waals surface area contributed by atoms with Crippen molar-refractivity contribution in [2.45, 2.75) is 33.4 Å².